The molecule has 1 unspecified atom stereocenters. The van der Waals surface area contributed by atoms with Crippen LogP contribution >= 0.6 is 23.4 Å². The molecule has 2 N–H and O–H groups in total. The number of hydrogen-bond acceptors (Lipinski definition) is 3. The number of halogens is 1. The summed E-state index contributed by atoms with van der Waals surface area (Å²) < 4.78 is 5.23. The summed E-state index contributed by atoms with van der Waals surface area (Å²) >= 11 is 7.45. The van der Waals surface area contributed by atoms with Crippen molar-refractivity contribution in [2.24, 2.45) is 5.73 Å². The van der Waals surface area contributed by atoms with Gasteiger partial charge in [-0.05, 0) is 30.2 Å². The van der Waals surface area contributed by atoms with E-state index in [9.17, 15) is 0 Å². The molecule has 0 fully saturated rings. The van der Waals surface area contributed by atoms with Gasteiger partial charge in [0, 0.05) is 11.8 Å². The Morgan fingerprint density at radius 1 is 1.62 bits per heavy atom. The lowest BCUT2D eigenvalue weighted by Crippen LogP contribution is -2.15. The van der Waals surface area contributed by atoms with E-state index in [1.165, 1.54) is 0 Å². The molecule has 0 saturated heterocycles. The number of nitrogens with two attached hydrogens (primary N) is 1. The van der Waals surface area contributed by atoms with Gasteiger partial charge < -0.3 is 10.2 Å². The van der Waals surface area contributed by atoms with E-state index in [4.69, 9.17) is 21.8 Å². The predicted molar refractivity (Wildman–Crippen MR) is 58.1 cm³/mol. The molecule has 1 aromatic rings. The van der Waals surface area contributed by atoms with Crippen LogP contribution in [-0.2, 0) is 5.75 Å². The second kappa shape index (κ2) is 5.58. The van der Waals surface area contributed by atoms with Crippen LogP contribution in [0.4, 0.5) is 0 Å². The maximum atomic E-state index is 5.64. The van der Waals surface area contributed by atoms with Gasteiger partial charge >= 0.3 is 0 Å². The van der Waals surface area contributed by atoms with E-state index >= 15 is 0 Å². The average molecular weight is 220 g/mol. The minimum absolute atomic E-state index is 0.455. The fraction of sp³-hybridized carbons (Fsp3) is 0.556. The Labute approximate surface area is 87.8 Å². The first-order chi connectivity index (χ1) is 6.26. The molecule has 0 aromatic carbocycles. The van der Waals surface area contributed by atoms with Gasteiger partial charge in [0.15, 0.2) is 5.22 Å². The second-order valence-corrected chi connectivity index (χ2v) is 4.44. The molecular formula is C9H14ClNOS. The molecule has 1 heterocycles. The topological polar surface area (TPSA) is 39.2 Å². The fourth-order valence-electron chi connectivity index (χ4n) is 0.982. The lowest BCUT2D eigenvalue weighted by Gasteiger charge is -2.09. The van der Waals surface area contributed by atoms with E-state index in [0.717, 1.165) is 24.5 Å². The van der Waals surface area contributed by atoms with E-state index in [-0.39, 0.29) is 0 Å². The van der Waals surface area contributed by atoms with Gasteiger partial charge in [0.05, 0.1) is 5.75 Å². The molecule has 1 rings (SSSR count). The van der Waals surface area contributed by atoms with Gasteiger partial charge in [-0.2, -0.15) is 0 Å². The average Bonchev–Trinajstić information content (AvgIpc) is 2.53. The van der Waals surface area contributed by atoms with Gasteiger partial charge in [-0.3, -0.25) is 0 Å². The summed E-state index contributed by atoms with van der Waals surface area (Å²) in [5.74, 6) is 1.77. The molecule has 0 spiro atoms. The number of thioether (sulfide) groups is 1. The smallest absolute Gasteiger partial charge is 0.193 e. The molecule has 2 nitrogen and oxygen atoms in total. The molecule has 0 saturated carbocycles. The second-order valence-electron chi connectivity index (χ2n) is 2.78. The van der Waals surface area contributed by atoms with Crippen LogP contribution in [0, 0.1) is 0 Å². The van der Waals surface area contributed by atoms with E-state index in [2.05, 4.69) is 6.92 Å². The Hall–Kier alpha value is -0.120. The molecule has 0 amide bonds. The largest absolute Gasteiger partial charge is 0.449 e. The van der Waals surface area contributed by atoms with Crippen LogP contribution in [0.1, 0.15) is 19.1 Å². The van der Waals surface area contributed by atoms with Crippen molar-refractivity contribution in [2.75, 3.05) is 6.54 Å². The Morgan fingerprint density at radius 2 is 2.38 bits per heavy atom. The normalized spacial score (nSPS) is 13.2. The quantitative estimate of drug-likeness (QED) is 0.828. The summed E-state index contributed by atoms with van der Waals surface area (Å²) in [5.41, 5.74) is 5.58. The zero-order valence-electron chi connectivity index (χ0n) is 7.63. The molecule has 1 atom stereocenters. The van der Waals surface area contributed by atoms with Crippen molar-refractivity contribution >= 4 is 23.4 Å². The molecular weight excluding hydrogens is 206 g/mol. The number of hydrogen-bond donors (Lipinski definition) is 1. The van der Waals surface area contributed by atoms with Gasteiger partial charge in [-0.1, -0.05) is 6.92 Å². The van der Waals surface area contributed by atoms with E-state index in [1.54, 1.807) is 6.07 Å². The molecule has 0 aliphatic heterocycles. The Bertz CT molecular complexity index is 248. The van der Waals surface area contributed by atoms with Crippen molar-refractivity contribution in [3.8, 4) is 0 Å². The minimum atomic E-state index is 0.455. The summed E-state index contributed by atoms with van der Waals surface area (Å²) in [5, 5.41) is 0.972. The van der Waals surface area contributed by atoms with Crippen LogP contribution in [0.5, 0.6) is 0 Å². The first kappa shape index (κ1) is 11.0. The third kappa shape index (κ3) is 3.63. The highest BCUT2D eigenvalue weighted by Crippen LogP contribution is 2.22. The molecule has 4 heteroatoms. The van der Waals surface area contributed by atoms with Crippen LogP contribution in [0.3, 0.4) is 0 Å². The maximum Gasteiger partial charge on any atom is 0.193 e. The van der Waals surface area contributed by atoms with Crippen LogP contribution in [0.15, 0.2) is 16.5 Å². The zero-order valence-corrected chi connectivity index (χ0v) is 9.20. The molecule has 13 heavy (non-hydrogen) atoms. The van der Waals surface area contributed by atoms with Crippen molar-refractivity contribution in [2.45, 2.75) is 24.3 Å². The Balaban J connectivity index is 2.33. The Kier molecular flexibility index (Phi) is 4.70. The zero-order chi connectivity index (χ0) is 9.68. The van der Waals surface area contributed by atoms with Gasteiger partial charge in [0.25, 0.3) is 0 Å². The highest BCUT2D eigenvalue weighted by molar-refractivity contribution is 7.99. The van der Waals surface area contributed by atoms with Crippen molar-refractivity contribution in [1.29, 1.82) is 0 Å². The van der Waals surface area contributed by atoms with Crippen molar-refractivity contribution in [1.82, 2.24) is 0 Å². The van der Waals surface area contributed by atoms with Crippen molar-refractivity contribution < 1.29 is 4.42 Å². The lowest BCUT2D eigenvalue weighted by molar-refractivity contribution is 0.532. The van der Waals surface area contributed by atoms with Crippen molar-refractivity contribution in [3.63, 3.8) is 0 Å². The maximum absolute atomic E-state index is 5.64. The number of rotatable bonds is 5. The van der Waals surface area contributed by atoms with Gasteiger partial charge in [0.1, 0.15) is 5.76 Å². The monoisotopic (exact) mass is 219 g/mol. The molecule has 0 bridgehead atoms. The van der Waals surface area contributed by atoms with Crippen LogP contribution in [0.25, 0.3) is 0 Å². The van der Waals surface area contributed by atoms with Crippen LogP contribution in [0.2, 0.25) is 5.22 Å². The SMILES string of the molecule is CCC(CN)SCc1ccc(Cl)o1. The lowest BCUT2D eigenvalue weighted by atomic mass is 10.3. The summed E-state index contributed by atoms with van der Waals surface area (Å²) in [6, 6.07) is 3.67. The summed E-state index contributed by atoms with van der Waals surface area (Å²) in [7, 11) is 0. The summed E-state index contributed by atoms with van der Waals surface area (Å²) in [6.07, 6.45) is 1.09. The van der Waals surface area contributed by atoms with Crippen LogP contribution < -0.4 is 5.73 Å². The fourth-order valence-corrected chi connectivity index (χ4v) is 2.07. The molecule has 0 aliphatic rings. The highest BCUT2D eigenvalue weighted by atomic mass is 35.5. The standard InChI is InChI=1S/C9H14ClNOS/c1-2-8(5-11)13-6-7-3-4-9(10)12-7/h3-4,8H,2,5-6,11H2,1H3. The first-order valence-electron chi connectivity index (χ1n) is 4.32. The van der Waals surface area contributed by atoms with Gasteiger partial charge in [-0.25, -0.2) is 0 Å². The molecule has 0 radical (unpaired) electrons. The van der Waals surface area contributed by atoms with E-state index in [1.807, 2.05) is 17.8 Å². The molecule has 1 aromatic heterocycles. The molecule has 0 aliphatic carbocycles. The van der Waals surface area contributed by atoms with Gasteiger partial charge in [-0.15, -0.1) is 11.8 Å². The van der Waals surface area contributed by atoms with E-state index < -0.39 is 0 Å². The third-order valence-corrected chi connectivity index (χ3v) is 3.46. The van der Waals surface area contributed by atoms with E-state index in [0.29, 0.717) is 10.5 Å². The third-order valence-electron chi connectivity index (χ3n) is 1.81. The summed E-state index contributed by atoms with van der Waals surface area (Å²) in [4.78, 5) is 0. The molecule has 74 valence electrons. The predicted octanol–water partition coefficient (Wildman–Crippen LogP) is 2.90. The highest BCUT2D eigenvalue weighted by Gasteiger charge is 2.06. The minimum Gasteiger partial charge on any atom is -0.449 e. The summed E-state index contributed by atoms with van der Waals surface area (Å²) in [6.45, 7) is 2.86. The van der Waals surface area contributed by atoms with Gasteiger partial charge in [0.2, 0.25) is 0 Å². The first-order valence-corrected chi connectivity index (χ1v) is 5.74. The Morgan fingerprint density at radius 3 is 2.85 bits per heavy atom. The number of furan rings is 1. The van der Waals surface area contributed by atoms with Crippen LogP contribution in [-0.4, -0.2) is 11.8 Å². The van der Waals surface area contributed by atoms with Crippen molar-refractivity contribution in [3.05, 3.63) is 23.1 Å².